The number of aryl methyl sites for hydroxylation is 2. The molecule has 0 heterocycles. The molecule has 0 radical (unpaired) electrons. The summed E-state index contributed by atoms with van der Waals surface area (Å²) in [6.07, 6.45) is 1.92. The van der Waals surface area contributed by atoms with Gasteiger partial charge in [-0.2, -0.15) is 0 Å². The van der Waals surface area contributed by atoms with Gasteiger partial charge in [0.1, 0.15) is 0 Å². The average molecular weight is 844 g/mol. The molecule has 0 bridgehead atoms. The lowest BCUT2D eigenvalue weighted by molar-refractivity contribution is 0.660. The van der Waals surface area contributed by atoms with Crippen LogP contribution in [0.25, 0.3) is 77.9 Å². The Hall–Kier alpha value is -8.00. The van der Waals surface area contributed by atoms with E-state index in [4.69, 9.17) is 0 Å². The molecule has 314 valence electrons. The predicted octanol–water partition coefficient (Wildman–Crippen LogP) is 17.6. The van der Waals surface area contributed by atoms with Gasteiger partial charge in [-0.3, -0.25) is 0 Å². The molecule has 0 amide bonds. The van der Waals surface area contributed by atoms with Gasteiger partial charge >= 0.3 is 0 Å². The third-order valence-corrected chi connectivity index (χ3v) is 14.2. The first-order valence-electron chi connectivity index (χ1n) is 23.3. The van der Waals surface area contributed by atoms with Crippen LogP contribution in [-0.4, -0.2) is 0 Å². The van der Waals surface area contributed by atoms with Gasteiger partial charge < -0.3 is 4.90 Å². The summed E-state index contributed by atoms with van der Waals surface area (Å²) in [6.45, 7) is 4.75. The average Bonchev–Trinajstić information content (AvgIpc) is 3.61. The van der Waals surface area contributed by atoms with E-state index in [0.29, 0.717) is 0 Å². The molecule has 0 atom stereocenters. The molecule has 0 aliphatic heterocycles. The largest absolute Gasteiger partial charge is 0.310 e. The number of anilines is 3. The van der Waals surface area contributed by atoms with E-state index in [1.807, 2.05) is 0 Å². The van der Waals surface area contributed by atoms with Gasteiger partial charge in [-0.15, -0.1) is 0 Å². The maximum atomic E-state index is 2.52. The topological polar surface area (TPSA) is 3.24 Å². The van der Waals surface area contributed by atoms with Crippen molar-refractivity contribution in [2.75, 3.05) is 4.90 Å². The Labute approximate surface area is 389 Å². The van der Waals surface area contributed by atoms with E-state index >= 15 is 0 Å². The van der Waals surface area contributed by atoms with Crippen LogP contribution in [0.4, 0.5) is 17.1 Å². The molecule has 10 aromatic rings. The minimum absolute atomic E-state index is 0.159. The quantitative estimate of drug-likeness (QED) is 0.161. The van der Waals surface area contributed by atoms with Crippen LogP contribution in [-0.2, 0) is 18.3 Å². The summed E-state index contributed by atoms with van der Waals surface area (Å²) < 4.78 is 0. The summed E-state index contributed by atoms with van der Waals surface area (Å²) in [6, 6.07) is 88.0. The molecule has 0 saturated heterocycles. The molecule has 0 saturated carbocycles. The van der Waals surface area contributed by atoms with E-state index in [0.717, 1.165) is 29.9 Å². The number of benzene rings is 10. The number of nitrogens with zero attached hydrogens (tertiary/aromatic N) is 1. The summed E-state index contributed by atoms with van der Waals surface area (Å²) in [5.41, 5.74) is 26.1. The van der Waals surface area contributed by atoms with Crippen LogP contribution in [0, 0.1) is 0 Å². The highest BCUT2D eigenvalue weighted by atomic mass is 15.1. The summed E-state index contributed by atoms with van der Waals surface area (Å²) in [7, 11) is 0. The number of fused-ring (bicyclic) bond motifs is 10. The van der Waals surface area contributed by atoms with E-state index in [-0.39, 0.29) is 5.41 Å². The van der Waals surface area contributed by atoms with E-state index < -0.39 is 0 Å². The molecular formula is C65H49N. The van der Waals surface area contributed by atoms with Crippen LogP contribution < -0.4 is 4.90 Å². The van der Waals surface area contributed by atoms with Crippen molar-refractivity contribution in [3.05, 3.63) is 259 Å². The van der Waals surface area contributed by atoms with E-state index in [1.165, 1.54) is 100 Å². The van der Waals surface area contributed by atoms with Crippen molar-refractivity contribution in [3.8, 4) is 77.9 Å². The molecule has 1 nitrogen and oxygen atoms in total. The normalized spacial score (nSPS) is 13.0. The fourth-order valence-electron chi connectivity index (χ4n) is 10.9. The number of hydrogen-bond donors (Lipinski definition) is 0. The van der Waals surface area contributed by atoms with Crippen LogP contribution in [0.1, 0.15) is 36.1 Å². The highest BCUT2D eigenvalue weighted by Crippen LogP contribution is 2.52. The van der Waals surface area contributed by atoms with Gasteiger partial charge in [0.15, 0.2) is 0 Å². The molecule has 1 heteroatoms. The predicted molar refractivity (Wildman–Crippen MR) is 279 cm³/mol. The minimum atomic E-state index is -0.159. The Kier molecular flexibility index (Phi) is 9.72. The standard InChI is InChI=1S/C65H49N/c1-65(2)62-28-16-15-27-58(62)59-39-37-52(43-63(59)65)66(64-40-35-50(41-60(64)47-19-7-4-8-20-47)46-31-29-45(30-32-46)44-17-5-3-6-18-44)51-36-38-57-56-26-14-13-25-55(56)53-23-11-9-21-48(53)33-34-49-22-10-12-24-54(49)61(57)42-51/h3-32,35-43H,33-34H2,1-2H3. The van der Waals surface area contributed by atoms with Crippen molar-refractivity contribution >= 4 is 17.1 Å². The van der Waals surface area contributed by atoms with E-state index in [1.54, 1.807) is 0 Å². The van der Waals surface area contributed by atoms with Gasteiger partial charge in [-0.25, -0.2) is 0 Å². The Balaban J connectivity index is 1.09. The zero-order valence-electron chi connectivity index (χ0n) is 37.4. The molecule has 0 N–H and O–H groups in total. The fraction of sp³-hybridized carbons (Fsp3) is 0.0769. The lowest BCUT2D eigenvalue weighted by Crippen LogP contribution is -2.17. The first-order valence-corrected chi connectivity index (χ1v) is 23.3. The number of hydrogen-bond acceptors (Lipinski definition) is 1. The van der Waals surface area contributed by atoms with Gasteiger partial charge in [0, 0.05) is 22.4 Å². The molecule has 10 aromatic carbocycles. The zero-order chi connectivity index (χ0) is 44.2. The van der Waals surface area contributed by atoms with Gasteiger partial charge in [0.2, 0.25) is 0 Å². The van der Waals surface area contributed by atoms with Crippen LogP contribution in [0.15, 0.2) is 237 Å². The van der Waals surface area contributed by atoms with Crippen molar-refractivity contribution in [1.82, 2.24) is 0 Å². The molecule has 2 aliphatic carbocycles. The lowest BCUT2D eigenvalue weighted by atomic mass is 9.82. The zero-order valence-corrected chi connectivity index (χ0v) is 37.4. The molecule has 0 unspecified atom stereocenters. The summed E-state index contributed by atoms with van der Waals surface area (Å²) in [5, 5.41) is 0. The minimum Gasteiger partial charge on any atom is -0.310 e. The maximum Gasteiger partial charge on any atom is 0.0540 e. The number of rotatable bonds is 6. The van der Waals surface area contributed by atoms with Crippen molar-refractivity contribution in [3.63, 3.8) is 0 Å². The van der Waals surface area contributed by atoms with E-state index in [9.17, 15) is 0 Å². The van der Waals surface area contributed by atoms with Crippen molar-refractivity contribution in [2.45, 2.75) is 32.1 Å². The molecule has 0 spiro atoms. The third kappa shape index (κ3) is 6.79. The molecule has 66 heavy (non-hydrogen) atoms. The van der Waals surface area contributed by atoms with Gasteiger partial charge in [-0.1, -0.05) is 214 Å². The van der Waals surface area contributed by atoms with Gasteiger partial charge in [0.25, 0.3) is 0 Å². The first-order chi connectivity index (χ1) is 32.5. The summed E-state index contributed by atoms with van der Waals surface area (Å²) in [4.78, 5) is 2.52. The Morgan fingerprint density at radius 3 is 1.39 bits per heavy atom. The summed E-state index contributed by atoms with van der Waals surface area (Å²) >= 11 is 0. The highest BCUT2D eigenvalue weighted by molar-refractivity contribution is 5.98. The highest BCUT2D eigenvalue weighted by Gasteiger charge is 2.36. The SMILES string of the molecule is CC1(C)c2ccccc2-c2ccc(N(c3ccc4c(c3)-c3ccccc3CCc3ccccc3-c3ccccc3-4)c3ccc(-c4ccc(-c5ccccc5)cc4)cc3-c3ccccc3)cc21. The molecule has 2 aliphatic rings. The van der Waals surface area contributed by atoms with Gasteiger partial charge in [-0.05, 0) is 144 Å². The molecular weight excluding hydrogens is 795 g/mol. The second-order valence-electron chi connectivity index (χ2n) is 18.4. The van der Waals surface area contributed by atoms with Gasteiger partial charge in [0.05, 0.1) is 5.69 Å². The van der Waals surface area contributed by atoms with Crippen LogP contribution in [0.3, 0.4) is 0 Å². The fourth-order valence-corrected chi connectivity index (χ4v) is 10.9. The Morgan fingerprint density at radius 2 is 0.727 bits per heavy atom. The van der Waals surface area contributed by atoms with Crippen molar-refractivity contribution in [1.29, 1.82) is 0 Å². The molecule has 12 rings (SSSR count). The summed E-state index contributed by atoms with van der Waals surface area (Å²) in [5.74, 6) is 0. The van der Waals surface area contributed by atoms with Crippen LogP contribution in [0.2, 0.25) is 0 Å². The first kappa shape index (κ1) is 39.6. The Bertz CT molecular complexity index is 3430. The monoisotopic (exact) mass is 843 g/mol. The molecule has 0 fully saturated rings. The second-order valence-corrected chi connectivity index (χ2v) is 18.4. The Morgan fingerprint density at radius 1 is 0.288 bits per heavy atom. The smallest absolute Gasteiger partial charge is 0.0540 e. The van der Waals surface area contributed by atoms with Crippen molar-refractivity contribution in [2.24, 2.45) is 0 Å². The lowest BCUT2D eigenvalue weighted by Gasteiger charge is -2.31. The molecule has 0 aromatic heterocycles. The van der Waals surface area contributed by atoms with Crippen molar-refractivity contribution < 1.29 is 0 Å². The second kappa shape index (κ2) is 16.2. The maximum absolute atomic E-state index is 2.52. The van der Waals surface area contributed by atoms with Crippen LogP contribution in [0.5, 0.6) is 0 Å². The third-order valence-electron chi connectivity index (χ3n) is 14.2. The van der Waals surface area contributed by atoms with E-state index in [2.05, 4.69) is 255 Å². The van der Waals surface area contributed by atoms with Crippen LogP contribution >= 0.6 is 0 Å².